The van der Waals surface area contributed by atoms with Crippen LogP contribution in [0.5, 0.6) is 0 Å². The van der Waals surface area contributed by atoms with E-state index < -0.39 is 0 Å². The minimum Gasteiger partial charge on any atom is -0.376 e. The van der Waals surface area contributed by atoms with Crippen LogP contribution >= 0.6 is 0 Å². The number of likely N-dealkylation sites (tertiary alicyclic amines) is 1. The van der Waals surface area contributed by atoms with Crippen LogP contribution in [0.1, 0.15) is 32.6 Å². The molecule has 0 bridgehead atoms. The molecule has 0 amide bonds. The summed E-state index contributed by atoms with van der Waals surface area (Å²) >= 11 is 0. The summed E-state index contributed by atoms with van der Waals surface area (Å²) in [4.78, 5) is 7.15. The fraction of sp³-hybridized carbons (Fsp3) is 0.933. The topological polar surface area (TPSA) is 48.9 Å². The van der Waals surface area contributed by atoms with Crippen molar-refractivity contribution in [3.8, 4) is 0 Å². The molecule has 5 heteroatoms. The van der Waals surface area contributed by atoms with Gasteiger partial charge in [0.25, 0.3) is 0 Å². The molecule has 2 saturated heterocycles. The van der Waals surface area contributed by atoms with E-state index in [4.69, 9.17) is 9.73 Å². The normalized spacial score (nSPS) is 25.9. The number of ether oxygens (including phenoxy) is 1. The summed E-state index contributed by atoms with van der Waals surface area (Å²) < 4.78 is 5.64. The third kappa shape index (κ3) is 5.29. The first-order chi connectivity index (χ1) is 9.78. The molecule has 0 radical (unpaired) electrons. The van der Waals surface area contributed by atoms with Crippen LogP contribution in [-0.2, 0) is 4.74 Å². The second-order valence-electron chi connectivity index (χ2n) is 5.98. The summed E-state index contributed by atoms with van der Waals surface area (Å²) in [6.45, 7) is 8.16. The standard InChI is InChI=1S/C15H30N4O/c1-3-16-15(18-12-14-5-4-10-20-14)17-11-13-6-8-19(2)9-7-13/h13-14H,3-12H2,1-2H3,(H2,16,17,18). The maximum absolute atomic E-state index is 5.64. The summed E-state index contributed by atoms with van der Waals surface area (Å²) in [6, 6.07) is 0. The molecule has 5 nitrogen and oxygen atoms in total. The second kappa shape index (κ2) is 8.47. The predicted molar refractivity (Wildman–Crippen MR) is 83.2 cm³/mol. The number of guanidine groups is 1. The maximum atomic E-state index is 5.64. The number of aliphatic imine (C=N–C) groups is 1. The van der Waals surface area contributed by atoms with Gasteiger partial charge in [0.05, 0.1) is 6.10 Å². The van der Waals surface area contributed by atoms with E-state index in [1.54, 1.807) is 0 Å². The minimum absolute atomic E-state index is 0.363. The molecule has 2 heterocycles. The first kappa shape index (κ1) is 15.6. The number of nitrogens with one attached hydrogen (secondary N) is 2. The lowest BCUT2D eigenvalue weighted by Crippen LogP contribution is -2.41. The van der Waals surface area contributed by atoms with Crippen LogP contribution in [0.2, 0.25) is 0 Å². The fourth-order valence-corrected chi connectivity index (χ4v) is 2.82. The van der Waals surface area contributed by atoms with E-state index in [2.05, 4.69) is 29.5 Å². The molecule has 2 fully saturated rings. The first-order valence-electron chi connectivity index (χ1n) is 8.10. The molecule has 2 N–H and O–H groups in total. The molecule has 0 aliphatic carbocycles. The van der Waals surface area contributed by atoms with Crippen molar-refractivity contribution >= 4 is 5.96 Å². The average molecular weight is 282 g/mol. The molecule has 0 aromatic heterocycles. The van der Waals surface area contributed by atoms with Crippen LogP contribution in [0, 0.1) is 5.92 Å². The van der Waals surface area contributed by atoms with Crippen LogP contribution in [0.25, 0.3) is 0 Å². The van der Waals surface area contributed by atoms with Crippen LogP contribution in [0.4, 0.5) is 0 Å². The molecule has 2 aliphatic rings. The highest BCUT2D eigenvalue weighted by atomic mass is 16.5. The highest BCUT2D eigenvalue weighted by Crippen LogP contribution is 2.16. The molecule has 0 saturated carbocycles. The van der Waals surface area contributed by atoms with Gasteiger partial charge in [-0.2, -0.15) is 0 Å². The van der Waals surface area contributed by atoms with E-state index in [1.807, 2.05) is 0 Å². The summed E-state index contributed by atoms with van der Waals surface area (Å²) in [5.74, 6) is 1.69. The van der Waals surface area contributed by atoms with Gasteiger partial charge in [-0.25, -0.2) is 0 Å². The Morgan fingerprint density at radius 1 is 1.25 bits per heavy atom. The van der Waals surface area contributed by atoms with Gasteiger partial charge < -0.3 is 20.3 Å². The molecule has 0 aromatic rings. The van der Waals surface area contributed by atoms with Gasteiger partial charge in [0, 0.05) is 26.2 Å². The Kier molecular flexibility index (Phi) is 6.60. The van der Waals surface area contributed by atoms with Crippen molar-refractivity contribution in [1.82, 2.24) is 15.5 Å². The summed E-state index contributed by atoms with van der Waals surface area (Å²) in [6.07, 6.45) is 5.26. The van der Waals surface area contributed by atoms with Gasteiger partial charge >= 0.3 is 0 Å². The van der Waals surface area contributed by atoms with Crippen LogP contribution in [0.15, 0.2) is 4.99 Å². The first-order valence-corrected chi connectivity index (χ1v) is 8.10. The SMILES string of the molecule is CCNC(=NCC1CCN(C)CC1)NCC1CCCO1. The van der Waals surface area contributed by atoms with Crippen molar-refractivity contribution < 1.29 is 4.74 Å². The molecule has 2 aliphatic heterocycles. The van der Waals surface area contributed by atoms with E-state index in [0.717, 1.165) is 38.1 Å². The number of nitrogens with zero attached hydrogens (tertiary/aromatic N) is 2. The Morgan fingerprint density at radius 3 is 2.70 bits per heavy atom. The number of hydrogen-bond donors (Lipinski definition) is 2. The van der Waals surface area contributed by atoms with Gasteiger partial charge in [0.1, 0.15) is 0 Å². The minimum atomic E-state index is 0.363. The second-order valence-corrected chi connectivity index (χ2v) is 5.98. The van der Waals surface area contributed by atoms with E-state index in [1.165, 1.54) is 38.8 Å². The van der Waals surface area contributed by atoms with Crippen molar-refractivity contribution in [3.05, 3.63) is 0 Å². The lowest BCUT2D eigenvalue weighted by atomic mass is 9.97. The van der Waals surface area contributed by atoms with Crippen LogP contribution in [0.3, 0.4) is 0 Å². The van der Waals surface area contributed by atoms with Crippen LogP contribution in [-0.4, -0.2) is 63.3 Å². The third-order valence-corrected chi connectivity index (χ3v) is 4.21. The summed E-state index contributed by atoms with van der Waals surface area (Å²) in [5.41, 5.74) is 0. The van der Waals surface area contributed by atoms with E-state index in [0.29, 0.717) is 6.10 Å². The van der Waals surface area contributed by atoms with Crippen molar-refractivity contribution in [2.45, 2.75) is 38.7 Å². The summed E-state index contributed by atoms with van der Waals surface area (Å²) in [7, 11) is 2.20. The largest absolute Gasteiger partial charge is 0.376 e. The molecule has 1 atom stereocenters. The predicted octanol–water partition coefficient (Wildman–Crippen LogP) is 1.06. The third-order valence-electron chi connectivity index (χ3n) is 4.21. The van der Waals surface area contributed by atoms with E-state index in [-0.39, 0.29) is 0 Å². The van der Waals surface area contributed by atoms with Crippen molar-refractivity contribution in [3.63, 3.8) is 0 Å². The molecule has 2 rings (SSSR count). The van der Waals surface area contributed by atoms with Gasteiger partial charge in [0.15, 0.2) is 5.96 Å². The summed E-state index contributed by atoms with van der Waals surface area (Å²) in [5, 5.41) is 6.74. The molecule has 0 aromatic carbocycles. The maximum Gasteiger partial charge on any atom is 0.191 e. The molecule has 116 valence electrons. The van der Waals surface area contributed by atoms with Gasteiger partial charge in [-0.05, 0) is 58.7 Å². The molecule has 0 spiro atoms. The highest BCUT2D eigenvalue weighted by molar-refractivity contribution is 5.79. The number of hydrogen-bond acceptors (Lipinski definition) is 3. The quantitative estimate of drug-likeness (QED) is 0.585. The Bertz CT molecular complexity index is 294. The van der Waals surface area contributed by atoms with Gasteiger partial charge in [0.2, 0.25) is 0 Å². The zero-order chi connectivity index (χ0) is 14.2. The molecular formula is C15H30N4O. The Labute approximate surface area is 123 Å². The van der Waals surface area contributed by atoms with Crippen molar-refractivity contribution in [2.24, 2.45) is 10.9 Å². The molecular weight excluding hydrogens is 252 g/mol. The zero-order valence-corrected chi connectivity index (χ0v) is 13.0. The Morgan fingerprint density at radius 2 is 2.05 bits per heavy atom. The smallest absolute Gasteiger partial charge is 0.191 e. The lowest BCUT2D eigenvalue weighted by molar-refractivity contribution is 0.113. The highest BCUT2D eigenvalue weighted by Gasteiger charge is 2.17. The molecule has 1 unspecified atom stereocenters. The van der Waals surface area contributed by atoms with Gasteiger partial charge in [-0.1, -0.05) is 0 Å². The van der Waals surface area contributed by atoms with Gasteiger partial charge in [-0.3, -0.25) is 4.99 Å². The van der Waals surface area contributed by atoms with E-state index in [9.17, 15) is 0 Å². The zero-order valence-electron chi connectivity index (χ0n) is 13.0. The van der Waals surface area contributed by atoms with E-state index >= 15 is 0 Å². The molecule has 20 heavy (non-hydrogen) atoms. The fourth-order valence-electron chi connectivity index (χ4n) is 2.82. The Balaban J connectivity index is 1.72. The number of rotatable bonds is 5. The number of piperidine rings is 1. The average Bonchev–Trinajstić information content (AvgIpc) is 2.97. The monoisotopic (exact) mass is 282 g/mol. The Hall–Kier alpha value is -0.810. The van der Waals surface area contributed by atoms with Gasteiger partial charge in [-0.15, -0.1) is 0 Å². The lowest BCUT2D eigenvalue weighted by Gasteiger charge is -2.28. The van der Waals surface area contributed by atoms with Crippen molar-refractivity contribution in [1.29, 1.82) is 0 Å². The van der Waals surface area contributed by atoms with Crippen LogP contribution < -0.4 is 10.6 Å². The van der Waals surface area contributed by atoms with Crippen molar-refractivity contribution in [2.75, 3.05) is 46.4 Å².